The number of ether oxygens (including phenoxy) is 1. The molecule has 0 bridgehead atoms. The van der Waals surface area contributed by atoms with Crippen LogP contribution in [-0.2, 0) is 11.0 Å². The largest absolute Gasteiger partial charge is 0.481 e. The third-order valence-corrected chi connectivity index (χ3v) is 5.69. The minimum atomic E-state index is -4.62. The van der Waals surface area contributed by atoms with Gasteiger partial charge < -0.3 is 4.74 Å². The van der Waals surface area contributed by atoms with Gasteiger partial charge >= 0.3 is 6.18 Å². The van der Waals surface area contributed by atoms with Crippen molar-refractivity contribution < 1.29 is 22.1 Å². The second-order valence-electron chi connectivity index (χ2n) is 5.47. The molecule has 0 radical (unpaired) electrons. The Kier molecular flexibility index (Phi) is 6.65. The first-order valence-corrected chi connectivity index (χ1v) is 9.18. The van der Waals surface area contributed by atoms with E-state index in [1.165, 1.54) is 50.6 Å². The molecule has 0 spiro atoms. The SMILES string of the molecule is CCN([C@H](c1ccc(Cl)cc1)C(F)(F)F)S(=O)c1cnc(OC)cc1C. The molecule has 0 amide bonds. The van der Waals surface area contributed by atoms with Crippen LogP contribution < -0.4 is 4.74 Å². The molecule has 0 saturated heterocycles. The van der Waals surface area contributed by atoms with E-state index in [1.807, 2.05) is 0 Å². The molecule has 1 unspecified atom stereocenters. The van der Waals surface area contributed by atoms with E-state index in [0.29, 0.717) is 16.5 Å². The van der Waals surface area contributed by atoms with Gasteiger partial charge in [0, 0.05) is 23.8 Å². The van der Waals surface area contributed by atoms with Crippen molar-refractivity contribution in [3.8, 4) is 5.88 Å². The molecule has 0 saturated carbocycles. The quantitative estimate of drug-likeness (QED) is 0.698. The van der Waals surface area contributed by atoms with Gasteiger partial charge in [0.25, 0.3) is 0 Å². The van der Waals surface area contributed by atoms with Gasteiger partial charge in [-0.25, -0.2) is 13.5 Å². The average Bonchev–Trinajstić information content (AvgIpc) is 2.59. The van der Waals surface area contributed by atoms with Crippen LogP contribution in [0.3, 0.4) is 0 Å². The molecule has 2 aromatic rings. The summed E-state index contributed by atoms with van der Waals surface area (Å²) in [6.07, 6.45) is -3.34. The Hall–Kier alpha value is -1.64. The highest BCUT2D eigenvalue weighted by Gasteiger charge is 2.46. The highest BCUT2D eigenvalue weighted by Crippen LogP contribution is 2.40. The first kappa shape index (κ1) is 20.7. The molecule has 0 aliphatic rings. The molecule has 0 aliphatic heterocycles. The van der Waals surface area contributed by atoms with Crippen LogP contribution in [0.2, 0.25) is 5.02 Å². The van der Waals surface area contributed by atoms with E-state index in [0.717, 1.165) is 4.31 Å². The molecule has 1 heterocycles. The maximum atomic E-state index is 13.8. The van der Waals surface area contributed by atoms with Gasteiger partial charge in [-0.1, -0.05) is 30.7 Å². The maximum absolute atomic E-state index is 13.8. The normalized spacial score (nSPS) is 14.3. The van der Waals surface area contributed by atoms with Crippen LogP contribution in [0.15, 0.2) is 41.4 Å². The Balaban J connectivity index is 2.47. The fourth-order valence-corrected chi connectivity index (χ4v) is 4.02. The number of halogens is 4. The Labute approximate surface area is 157 Å². The zero-order valence-electron chi connectivity index (χ0n) is 14.4. The third-order valence-electron chi connectivity index (χ3n) is 3.74. The summed E-state index contributed by atoms with van der Waals surface area (Å²) in [5.74, 6) is 0.302. The number of hydrogen-bond donors (Lipinski definition) is 0. The van der Waals surface area contributed by atoms with Crippen molar-refractivity contribution in [2.24, 2.45) is 0 Å². The summed E-state index contributed by atoms with van der Waals surface area (Å²) in [5, 5.41) is 0.328. The number of pyridine rings is 1. The van der Waals surface area contributed by atoms with Crippen LogP contribution in [0.25, 0.3) is 0 Å². The standard InChI is InChI=1S/C17H18ClF3N2O2S/c1-4-23(26(24)14-10-22-15(25-3)9-11(14)2)16(17(19,20)21)12-5-7-13(18)8-6-12/h5-10,16H,4H2,1-3H3/t16-,26?/m1/s1. The summed E-state index contributed by atoms with van der Waals surface area (Å²) >= 11 is 5.78. The van der Waals surface area contributed by atoms with Crippen molar-refractivity contribution >= 4 is 22.6 Å². The molecule has 4 nitrogen and oxygen atoms in total. The lowest BCUT2D eigenvalue weighted by Crippen LogP contribution is -2.39. The summed E-state index contributed by atoms with van der Waals surface area (Å²) in [7, 11) is -0.636. The minimum absolute atomic E-state index is 0.0313. The summed E-state index contributed by atoms with van der Waals surface area (Å²) in [6, 6.07) is 4.84. The lowest BCUT2D eigenvalue weighted by molar-refractivity contribution is -0.172. The van der Waals surface area contributed by atoms with Gasteiger partial charge in [-0.05, 0) is 30.2 Å². The van der Waals surface area contributed by atoms with Crippen molar-refractivity contribution in [2.45, 2.75) is 31.0 Å². The van der Waals surface area contributed by atoms with Crippen LogP contribution in [0.4, 0.5) is 13.2 Å². The topological polar surface area (TPSA) is 42.4 Å². The monoisotopic (exact) mass is 406 g/mol. The Morgan fingerprint density at radius 1 is 1.31 bits per heavy atom. The number of rotatable bonds is 6. The highest BCUT2D eigenvalue weighted by molar-refractivity contribution is 7.82. The zero-order chi connectivity index (χ0) is 19.5. The van der Waals surface area contributed by atoms with Gasteiger partial charge in [0.1, 0.15) is 17.0 Å². The van der Waals surface area contributed by atoms with Crippen molar-refractivity contribution in [1.29, 1.82) is 0 Å². The molecule has 2 rings (SSSR count). The van der Waals surface area contributed by atoms with Crippen LogP contribution in [0.5, 0.6) is 5.88 Å². The van der Waals surface area contributed by atoms with E-state index in [-0.39, 0.29) is 17.0 Å². The van der Waals surface area contributed by atoms with Crippen molar-refractivity contribution in [1.82, 2.24) is 9.29 Å². The molecular weight excluding hydrogens is 389 g/mol. The van der Waals surface area contributed by atoms with E-state index in [9.17, 15) is 17.4 Å². The first-order chi connectivity index (χ1) is 12.2. The predicted molar refractivity (Wildman–Crippen MR) is 94.6 cm³/mol. The van der Waals surface area contributed by atoms with Crippen LogP contribution in [0.1, 0.15) is 24.1 Å². The Morgan fingerprint density at radius 2 is 1.92 bits per heavy atom. The molecule has 0 aliphatic carbocycles. The van der Waals surface area contributed by atoms with Gasteiger partial charge in [0.2, 0.25) is 5.88 Å². The van der Waals surface area contributed by atoms with E-state index in [1.54, 1.807) is 6.92 Å². The Bertz CT molecular complexity index is 785. The molecule has 142 valence electrons. The minimum Gasteiger partial charge on any atom is -0.481 e. The lowest BCUT2D eigenvalue weighted by atomic mass is 10.1. The third kappa shape index (κ3) is 4.55. The van der Waals surface area contributed by atoms with Crippen LogP contribution in [-0.4, -0.2) is 33.3 Å². The fraction of sp³-hybridized carbons (Fsp3) is 0.353. The lowest BCUT2D eigenvalue weighted by Gasteiger charge is -2.31. The average molecular weight is 407 g/mol. The number of nitrogens with zero attached hydrogens (tertiary/aromatic N) is 2. The second kappa shape index (κ2) is 8.37. The van der Waals surface area contributed by atoms with Gasteiger partial charge in [-0.3, -0.25) is 0 Å². The molecule has 2 atom stereocenters. The molecular formula is C17H18ClF3N2O2S. The molecule has 0 fully saturated rings. The molecule has 9 heteroatoms. The Morgan fingerprint density at radius 3 is 2.38 bits per heavy atom. The smallest absolute Gasteiger partial charge is 0.409 e. The van der Waals surface area contributed by atoms with Gasteiger partial charge in [-0.15, -0.1) is 0 Å². The number of benzene rings is 1. The number of alkyl halides is 3. The highest BCUT2D eigenvalue weighted by atomic mass is 35.5. The van der Waals surface area contributed by atoms with E-state index in [4.69, 9.17) is 16.3 Å². The number of aryl methyl sites for hydroxylation is 1. The van der Waals surface area contributed by atoms with Gasteiger partial charge in [-0.2, -0.15) is 13.2 Å². The zero-order valence-corrected chi connectivity index (χ0v) is 16.0. The second-order valence-corrected chi connectivity index (χ2v) is 7.31. The summed E-state index contributed by atoms with van der Waals surface area (Å²) in [5.41, 5.74) is 0.502. The molecule has 1 aromatic heterocycles. The summed E-state index contributed by atoms with van der Waals surface area (Å²) in [4.78, 5) is 4.17. The van der Waals surface area contributed by atoms with Gasteiger partial charge in [0.15, 0.2) is 0 Å². The van der Waals surface area contributed by atoms with E-state index >= 15 is 0 Å². The molecule has 26 heavy (non-hydrogen) atoms. The van der Waals surface area contributed by atoms with Crippen molar-refractivity contribution in [3.05, 3.63) is 52.7 Å². The number of aromatic nitrogens is 1. The first-order valence-electron chi connectivity index (χ1n) is 7.70. The number of methoxy groups -OCH3 is 1. The van der Waals surface area contributed by atoms with E-state index in [2.05, 4.69) is 4.98 Å². The van der Waals surface area contributed by atoms with E-state index < -0.39 is 23.2 Å². The molecule has 1 aromatic carbocycles. The molecule has 0 N–H and O–H groups in total. The van der Waals surface area contributed by atoms with Crippen LogP contribution in [0, 0.1) is 6.92 Å². The van der Waals surface area contributed by atoms with Crippen molar-refractivity contribution in [3.63, 3.8) is 0 Å². The summed E-state index contributed by atoms with van der Waals surface area (Å²) in [6.45, 7) is 3.10. The summed E-state index contributed by atoms with van der Waals surface area (Å²) < 4.78 is 60.2. The van der Waals surface area contributed by atoms with Crippen LogP contribution >= 0.6 is 11.6 Å². The van der Waals surface area contributed by atoms with Crippen molar-refractivity contribution in [2.75, 3.05) is 13.7 Å². The van der Waals surface area contributed by atoms with Gasteiger partial charge in [0.05, 0.1) is 12.0 Å². The maximum Gasteiger partial charge on any atom is 0.409 e. The number of hydrogen-bond acceptors (Lipinski definition) is 3. The fourth-order valence-electron chi connectivity index (χ4n) is 2.50. The predicted octanol–water partition coefficient (Wildman–Crippen LogP) is 4.70.